The molecule has 0 atom stereocenters. The second-order valence-corrected chi connectivity index (χ2v) is 9.62. The molecule has 30 heavy (non-hydrogen) atoms. The zero-order valence-corrected chi connectivity index (χ0v) is 18.5. The first kappa shape index (κ1) is 21.9. The van der Waals surface area contributed by atoms with Crippen LogP contribution in [0.5, 0.6) is 0 Å². The fourth-order valence-electron chi connectivity index (χ4n) is 2.85. The molecule has 0 unspecified atom stereocenters. The van der Waals surface area contributed by atoms with Gasteiger partial charge in [0.15, 0.2) is 5.13 Å². The molecular formula is C20H22N4O4S2. The Morgan fingerprint density at radius 1 is 1.10 bits per heavy atom. The van der Waals surface area contributed by atoms with E-state index in [2.05, 4.69) is 10.3 Å². The predicted octanol–water partition coefficient (Wildman–Crippen LogP) is 2.93. The number of nitrogens with zero attached hydrogens (tertiary/aromatic N) is 3. The molecule has 1 aromatic heterocycles. The molecule has 0 fully saturated rings. The van der Waals surface area contributed by atoms with Crippen molar-refractivity contribution in [2.45, 2.75) is 18.7 Å². The SMILES string of the molecule is CCN(C(=O)CN(C)S(=O)(=O)c1ccc(NC(C)=O)cc1)c1nc2ccccc2s1. The van der Waals surface area contributed by atoms with E-state index >= 15 is 0 Å². The monoisotopic (exact) mass is 446 g/mol. The van der Waals surface area contributed by atoms with E-state index in [4.69, 9.17) is 0 Å². The second-order valence-electron chi connectivity index (χ2n) is 6.57. The zero-order valence-electron chi connectivity index (χ0n) is 16.8. The number of rotatable bonds is 7. The number of carbonyl (C=O) groups excluding carboxylic acids is 2. The summed E-state index contributed by atoms with van der Waals surface area (Å²) in [7, 11) is -2.51. The molecule has 0 aliphatic carbocycles. The van der Waals surface area contributed by atoms with E-state index in [1.807, 2.05) is 31.2 Å². The molecule has 0 spiro atoms. The predicted molar refractivity (Wildman–Crippen MR) is 118 cm³/mol. The Hall–Kier alpha value is -2.82. The number of hydrogen-bond acceptors (Lipinski definition) is 6. The standard InChI is InChI=1S/C20H22N4O4S2/c1-4-24(20-22-17-7-5-6-8-18(17)29-20)19(26)13-23(3)30(27,28)16-11-9-15(10-12-16)21-14(2)25/h5-12H,4,13H2,1-3H3,(H,21,25). The minimum Gasteiger partial charge on any atom is -0.326 e. The lowest BCUT2D eigenvalue weighted by Crippen LogP contribution is -2.41. The number of nitrogens with one attached hydrogen (secondary N) is 1. The maximum Gasteiger partial charge on any atom is 0.244 e. The third-order valence-corrected chi connectivity index (χ3v) is 7.25. The zero-order chi connectivity index (χ0) is 21.9. The van der Waals surface area contributed by atoms with E-state index in [1.54, 1.807) is 0 Å². The molecule has 10 heteroatoms. The maximum absolute atomic E-state index is 12.9. The average molecular weight is 447 g/mol. The molecule has 0 saturated heterocycles. The summed E-state index contributed by atoms with van der Waals surface area (Å²) in [5, 5.41) is 3.12. The summed E-state index contributed by atoms with van der Waals surface area (Å²) >= 11 is 1.39. The van der Waals surface area contributed by atoms with Crippen LogP contribution >= 0.6 is 11.3 Å². The highest BCUT2D eigenvalue weighted by molar-refractivity contribution is 7.89. The molecule has 0 aliphatic rings. The number of thiazole rings is 1. The van der Waals surface area contributed by atoms with Crippen LogP contribution in [0.25, 0.3) is 10.2 Å². The summed E-state index contributed by atoms with van der Waals surface area (Å²) < 4.78 is 27.7. The number of aromatic nitrogens is 1. The number of carbonyl (C=O) groups is 2. The van der Waals surface area contributed by atoms with Crippen molar-refractivity contribution in [3.63, 3.8) is 0 Å². The van der Waals surface area contributed by atoms with Crippen molar-refractivity contribution >= 4 is 54.2 Å². The lowest BCUT2D eigenvalue weighted by Gasteiger charge is -2.22. The van der Waals surface area contributed by atoms with Gasteiger partial charge in [0.25, 0.3) is 0 Å². The molecule has 2 amide bonds. The molecule has 0 bridgehead atoms. The number of hydrogen-bond donors (Lipinski definition) is 1. The Kier molecular flexibility index (Phi) is 6.49. The van der Waals surface area contributed by atoms with Crippen molar-refractivity contribution in [1.82, 2.24) is 9.29 Å². The molecule has 3 aromatic rings. The fraction of sp³-hybridized carbons (Fsp3) is 0.250. The summed E-state index contributed by atoms with van der Waals surface area (Å²) in [5.41, 5.74) is 1.29. The van der Waals surface area contributed by atoms with E-state index in [0.29, 0.717) is 17.4 Å². The van der Waals surface area contributed by atoms with Crippen LogP contribution in [0.1, 0.15) is 13.8 Å². The van der Waals surface area contributed by atoms with Crippen LogP contribution < -0.4 is 10.2 Å². The molecule has 0 radical (unpaired) electrons. The Morgan fingerprint density at radius 3 is 2.37 bits per heavy atom. The van der Waals surface area contributed by atoms with Crippen molar-refractivity contribution in [2.75, 3.05) is 30.4 Å². The van der Waals surface area contributed by atoms with E-state index < -0.39 is 10.0 Å². The lowest BCUT2D eigenvalue weighted by atomic mass is 10.3. The van der Waals surface area contributed by atoms with Gasteiger partial charge in [-0.2, -0.15) is 4.31 Å². The van der Waals surface area contributed by atoms with Crippen molar-refractivity contribution in [2.24, 2.45) is 0 Å². The summed E-state index contributed by atoms with van der Waals surface area (Å²) in [6, 6.07) is 13.4. The van der Waals surface area contributed by atoms with Crippen LogP contribution in [-0.4, -0.2) is 49.7 Å². The highest BCUT2D eigenvalue weighted by Crippen LogP contribution is 2.28. The number of sulfonamides is 1. The van der Waals surface area contributed by atoms with Gasteiger partial charge in [0, 0.05) is 26.2 Å². The van der Waals surface area contributed by atoms with Crippen LogP contribution in [0.15, 0.2) is 53.4 Å². The van der Waals surface area contributed by atoms with Gasteiger partial charge in [-0.1, -0.05) is 23.5 Å². The van der Waals surface area contributed by atoms with Gasteiger partial charge in [-0.3, -0.25) is 14.5 Å². The largest absolute Gasteiger partial charge is 0.326 e. The second kappa shape index (κ2) is 8.90. The van der Waals surface area contributed by atoms with Gasteiger partial charge in [0.05, 0.1) is 21.7 Å². The van der Waals surface area contributed by atoms with Crippen molar-refractivity contribution in [1.29, 1.82) is 0 Å². The molecule has 2 aromatic carbocycles. The molecule has 0 saturated carbocycles. The van der Waals surface area contributed by atoms with E-state index in [9.17, 15) is 18.0 Å². The Labute approximate surface area is 179 Å². The van der Waals surface area contributed by atoms with Gasteiger partial charge in [0.1, 0.15) is 0 Å². The van der Waals surface area contributed by atoms with Crippen molar-refractivity contribution in [3.05, 3.63) is 48.5 Å². The van der Waals surface area contributed by atoms with E-state index in [-0.39, 0.29) is 23.3 Å². The summed E-state index contributed by atoms with van der Waals surface area (Å²) in [6.07, 6.45) is 0. The van der Waals surface area contributed by atoms with Crippen LogP contribution in [0.3, 0.4) is 0 Å². The Balaban J connectivity index is 1.76. The third kappa shape index (κ3) is 4.66. The molecule has 8 nitrogen and oxygen atoms in total. The molecule has 158 valence electrons. The summed E-state index contributed by atoms with van der Waals surface area (Å²) in [6.45, 7) is 3.24. The van der Waals surface area contributed by atoms with Gasteiger partial charge >= 0.3 is 0 Å². The number of fused-ring (bicyclic) bond motifs is 1. The molecule has 1 heterocycles. The van der Waals surface area contributed by atoms with Crippen LogP contribution in [0.4, 0.5) is 10.8 Å². The van der Waals surface area contributed by atoms with Crippen molar-refractivity contribution in [3.8, 4) is 0 Å². The molecular weight excluding hydrogens is 424 g/mol. The topological polar surface area (TPSA) is 99.7 Å². The minimum absolute atomic E-state index is 0.0370. The first-order valence-corrected chi connectivity index (χ1v) is 11.5. The highest BCUT2D eigenvalue weighted by Gasteiger charge is 2.26. The van der Waals surface area contributed by atoms with E-state index in [1.165, 1.54) is 54.5 Å². The van der Waals surface area contributed by atoms with Gasteiger partial charge < -0.3 is 5.32 Å². The molecule has 3 rings (SSSR count). The van der Waals surface area contributed by atoms with Gasteiger partial charge in [-0.25, -0.2) is 13.4 Å². The van der Waals surface area contributed by atoms with Gasteiger partial charge in [0.2, 0.25) is 21.8 Å². The molecule has 1 N–H and O–H groups in total. The van der Waals surface area contributed by atoms with Crippen LogP contribution in [-0.2, 0) is 19.6 Å². The normalized spacial score (nSPS) is 11.6. The maximum atomic E-state index is 12.9. The van der Waals surface area contributed by atoms with Crippen LogP contribution in [0, 0.1) is 0 Å². The lowest BCUT2D eigenvalue weighted by molar-refractivity contribution is -0.118. The number of anilines is 2. The third-order valence-electron chi connectivity index (χ3n) is 4.37. The van der Waals surface area contributed by atoms with Crippen molar-refractivity contribution < 1.29 is 18.0 Å². The van der Waals surface area contributed by atoms with Gasteiger partial charge in [-0.05, 0) is 43.3 Å². The number of benzene rings is 2. The Bertz CT molecular complexity index is 1140. The first-order chi connectivity index (χ1) is 14.2. The highest BCUT2D eigenvalue weighted by atomic mass is 32.2. The average Bonchev–Trinajstić information content (AvgIpc) is 3.12. The summed E-state index contributed by atoms with van der Waals surface area (Å²) in [5.74, 6) is -0.611. The number of para-hydroxylation sites is 1. The number of likely N-dealkylation sites (N-methyl/N-ethyl adjacent to an activating group) is 2. The summed E-state index contributed by atoms with van der Waals surface area (Å²) in [4.78, 5) is 30.0. The number of amides is 2. The molecule has 0 aliphatic heterocycles. The first-order valence-electron chi connectivity index (χ1n) is 9.22. The fourth-order valence-corrected chi connectivity index (χ4v) is 5.02. The Morgan fingerprint density at radius 2 is 1.77 bits per heavy atom. The quantitative estimate of drug-likeness (QED) is 0.602. The minimum atomic E-state index is -3.87. The van der Waals surface area contributed by atoms with Crippen LogP contribution in [0.2, 0.25) is 0 Å². The van der Waals surface area contributed by atoms with Gasteiger partial charge in [-0.15, -0.1) is 0 Å². The van der Waals surface area contributed by atoms with E-state index in [0.717, 1.165) is 14.5 Å². The smallest absolute Gasteiger partial charge is 0.244 e.